The zero-order valence-corrected chi connectivity index (χ0v) is 20.0. The fraction of sp³-hybridized carbons (Fsp3) is 0.333. The van der Waals surface area contributed by atoms with Crippen molar-refractivity contribution in [2.75, 3.05) is 13.2 Å². The van der Waals surface area contributed by atoms with E-state index in [1.165, 1.54) is 0 Å². The number of fused-ring (bicyclic) bond motifs is 3. The number of allylic oxidation sites excluding steroid dienone is 5. The smallest absolute Gasteiger partial charge is 0.305 e. The van der Waals surface area contributed by atoms with Crippen LogP contribution in [0.15, 0.2) is 85.0 Å². The predicted octanol–water partition coefficient (Wildman–Crippen LogP) is 5.94. The van der Waals surface area contributed by atoms with E-state index in [2.05, 4.69) is 43.0 Å². The Labute approximate surface area is 202 Å². The van der Waals surface area contributed by atoms with Gasteiger partial charge in [-0.2, -0.15) is 0 Å². The van der Waals surface area contributed by atoms with E-state index in [1.807, 2.05) is 50.3 Å². The summed E-state index contributed by atoms with van der Waals surface area (Å²) in [6.07, 6.45) is 10.0. The van der Waals surface area contributed by atoms with E-state index in [1.54, 1.807) is 0 Å². The number of hydrogen-bond acceptors (Lipinski definition) is 4. The minimum Gasteiger partial charge on any atom is -0.466 e. The van der Waals surface area contributed by atoms with Crippen molar-refractivity contribution in [2.45, 2.75) is 50.4 Å². The minimum atomic E-state index is -0.574. The fourth-order valence-electron chi connectivity index (χ4n) is 5.68. The molecular weight excluding hydrogens is 424 g/mol. The summed E-state index contributed by atoms with van der Waals surface area (Å²) in [6.45, 7) is 8.89. The lowest BCUT2D eigenvalue weighted by atomic mass is 9.53. The Bertz CT molecular complexity index is 1110. The van der Waals surface area contributed by atoms with Gasteiger partial charge in [-0.1, -0.05) is 79.4 Å². The highest BCUT2D eigenvalue weighted by atomic mass is 16.5. The third-order valence-corrected chi connectivity index (χ3v) is 7.11. The standard InChI is InChI=1S/C30H32O4/c1-4-33-27(31)17-20-29-19-11-10-12-22(3)30(21-18-28(32)34-5-2,25-15-8-6-13-23(25)29)26-16-9-7-14-24(26)29/h6-16,19H,3-5,17-18,20-21H2,1-2H3/b12-10-,19-11-. The summed E-state index contributed by atoms with van der Waals surface area (Å²) in [6, 6.07) is 16.8. The van der Waals surface area contributed by atoms with E-state index in [-0.39, 0.29) is 18.4 Å². The second-order valence-electron chi connectivity index (χ2n) is 8.82. The molecule has 0 unspecified atom stereocenters. The summed E-state index contributed by atoms with van der Waals surface area (Å²) in [7, 11) is 0. The topological polar surface area (TPSA) is 52.6 Å². The first-order chi connectivity index (χ1) is 16.5. The van der Waals surface area contributed by atoms with Gasteiger partial charge in [0, 0.05) is 23.7 Å². The van der Waals surface area contributed by atoms with E-state index in [9.17, 15) is 9.59 Å². The van der Waals surface area contributed by atoms with Gasteiger partial charge in [-0.15, -0.1) is 0 Å². The molecule has 2 aliphatic carbocycles. The van der Waals surface area contributed by atoms with Crippen LogP contribution in [0.25, 0.3) is 0 Å². The van der Waals surface area contributed by atoms with Crippen molar-refractivity contribution < 1.29 is 19.1 Å². The largest absolute Gasteiger partial charge is 0.466 e. The molecule has 2 aromatic carbocycles. The van der Waals surface area contributed by atoms with Crippen molar-refractivity contribution in [3.05, 3.63) is 107 Å². The van der Waals surface area contributed by atoms with Crippen LogP contribution in [0.1, 0.15) is 61.8 Å². The van der Waals surface area contributed by atoms with E-state index in [0.29, 0.717) is 32.5 Å². The first-order valence-electron chi connectivity index (χ1n) is 12.1. The van der Waals surface area contributed by atoms with Crippen LogP contribution < -0.4 is 0 Å². The van der Waals surface area contributed by atoms with Crippen LogP contribution in [0.4, 0.5) is 0 Å². The maximum atomic E-state index is 12.5. The number of hydrogen-bond donors (Lipinski definition) is 0. The summed E-state index contributed by atoms with van der Waals surface area (Å²) in [4.78, 5) is 24.9. The quantitative estimate of drug-likeness (QED) is 0.461. The summed E-state index contributed by atoms with van der Waals surface area (Å²) >= 11 is 0. The second-order valence-corrected chi connectivity index (χ2v) is 8.82. The maximum Gasteiger partial charge on any atom is 0.305 e. The molecule has 0 aliphatic heterocycles. The van der Waals surface area contributed by atoms with Crippen LogP contribution in [0.3, 0.4) is 0 Å². The molecule has 0 radical (unpaired) electrons. The molecule has 0 saturated carbocycles. The Morgan fingerprint density at radius 1 is 0.765 bits per heavy atom. The van der Waals surface area contributed by atoms with Gasteiger partial charge in [0.05, 0.1) is 13.2 Å². The van der Waals surface area contributed by atoms with Gasteiger partial charge in [-0.25, -0.2) is 0 Å². The molecule has 176 valence electrons. The molecule has 0 N–H and O–H groups in total. The van der Waals surface area contributed by atoms with Gasteiger partial charge in [-0.3, -0.25) is 9.59 Å². The predicted molar refractivity (Wildman–Crippen MR) is 134 cm³/mol. The summed E-state index contributed by atoms with van der Waals surface area (Å²) in [5.74, 6) is -0.403. The zero-order valence-electron chi connectivity index (χ0n) is 20.0. The fourth-order valence-corrected chi connectivity index (χ4v) is 5.68. The van der Waals surface area contributed by atoms with Gasteiger partial charge in [0.15, 0.2) is 0 Å². The van der Waals surface area contributed by atoms with E-state index in [4.69, 9.17) is 9.47 Å². The second kappa shape index (κ2) is 9.84. The number of carbonyl (C=O) groups is 2. The number of rotatable bonds is 8. The van der Waals surface area contributed by atoms with Gasteiger partial charge in [0.25, 0.3) is 0 Å². The van der Waals surface area contributed by atoms with Gasteiger partial charge >= 0.3 is 11.9 Å². The Morgan fingerprint density at radius 2 is 1.26 bits per heavy atom. The molecular formula is C30H32O4. The SMILES string of the molecule is C=C1/C=C\C=C/C2(CCC(=O)OCC)c3ccccc3C1(CCC(=O)OCC)c1ccccc12. The molecule has 0 atom stereocenters. The van der Waals surface area contributed by atoms with Crippen molar-refractivity contribution in [1.82, 2.24) is 0 Å². The lowest BCUT2D eigenvalue weighted by molar-refractivity contribution is -0.144. The number of esters is 2. The first-order valence-corrected chi connectivity index (χ1v) is 12.1. The normalized spacial score (nSPS) is 24.1. The van der Waals surface area contributed by atoms with E-state index in [0.717, 1.165) is 27.8 Å². The molecule has 2 aromatic rings. The molecule has 0 amide bonds. The number of ether oxygens (including phenoxy) is 2. The van der Waals surface area contributed by atoms with Crippen molar-refractivity contribution in [1.29, 1.82) is 0 Å². The molecule has 0 spiro atoms. The molecule has 4 rings (SSSR count). The highest BCUT2D eigenvalue weighted by molar-refractivity contribution is 5.74. The molecule has 2 bridgehead atoms. The van der Waals surface area contributed by atoms with Crippen LogP contribution in [-0.2, 0) is 29.9 Å². The van der Waals surface area contributed by atoms with Gasteiger partial charge in [-0.05, 0) is 54.5 Å². The molecule has 4 nitrogen and oxygen atoms in total. The van der Waals surface area contributed by atoms with Crippen molar-refractivity contribution in [3.8, 4) is 0 Å². The monoisotopic (exact) mass is 456 g/mol. The van der Waals surface area contributed by atoms with Gasteiger partial charge < -0.3 is 9.47 Å². The van der Waals surface area contributed by atoms with Crippen LogP contribution in [0.2, 0.25) is 0 Å². The molecule has 0 aromatic heterocycles. The van der Waals surface area contributed by atoms with Crippen LogP contribution in [0, 0.1) is 0 Å². The lowest BCUT2D eigenvalue weighted by Gasteiger charge is -2.49. The van der Waals surface area contributed by atoms with Crippen molar-refractivity contribution in [3.63, 3.8) is 0 Å². The zero-order chi connectivity index (χ0) is 24.2. The Morgan fingerprint density at radius 3 is 1.79 bits per heavy atom. The van der Waals surface area contributed by atoms with E-state index >= 15 is 0 Å². The van der Waals surface area contributed by atoms with Gasteiger partial charge in [0.2, 0.25) is 0 Å². The van der Waals surface area contributed by atoms with Crippen LogP contribution in [-0.4, -0.2) is 25.2 Å². The summed E-state index contributed by atoms with van der Waals surface area (Å²) in [5.41, 5.74) is 4.40. The molecule has 0 saturated heterocycles. The maximum absolute atomic E-state index is 12.5. The third kappa shape index (κ3) is 3.91. The minimum absolute atomic E-state index is 0.195. The van der Waals surface area contributed by atoms with Gasteiger partial charge in [0.1, 0.15) is 0 Å². The molecule has 4 heteroatoms. The Kier molecular flexibility index (Phi) is 6.87. The average molecular weight is 457 g/mol. The molecule has 2 aliphatic rings. The molecule has 0 fully saturated rings. The van der Waals surface area contributed by atoms with E-state index < -0.39 is 10.8 Å². The average Bonchev–Trinajstić information content (AvgIpc) is 2.93. The van der Waals surface area contributed by atoms with Crippen molar-refractivity contribution in [2.24, 2.45) is 0 Å². The Hall–Kier alpha value is -3.40. The first kappa shape index (κ1) is 23.7. The van der Waals surface area contributed by atoms with Crippen molar-refractivity contribution >= 4 is 11.9 Å². The number of carbonyl (C=O) groups excluding carboxylic acids is 2. The molecule has 34 heavy (non-hydrogen) atoms. The Balaban J connectivity index is 1.95. The third-order valence-electron chi connectivity index (χ3n) is 7.11. The molecule has 0 heterocycles. The summed E-state index contributed by atoms with van der Waals surface area (Å²) < 4.78 is 10.6. The van der Waals surface area contributed by atoms with Crippen LogP contribution in [0.5, 0.6) is 0 Å². The highest BCUT2D eigenvalue weighted by Crippen LogP contribution is 2.57. The summed E-state index contributed by atoms with van der Waals surface area (Å²) in [5, 5.41) is 0. The van der Waals surface area contributed by atoms with Crippen LogP contribution >= 0.6 is 0 Å². The highest BCUT2D eigenvalue weighted by Gasteiger charge is 2.50. The lowest BCUT2D eigenvalue weighted by Crippen LogP contribution is -2.43. The number of benzene rings is 2.